The summed E-state index contributed by atoms with van der Waals surface area (Å²) in [5, 5.41) is 9.15. The largest absolute Gasteiger partial charge is 0.469 e. The highest BCUT2D eigenvalue weighted by Crippen LogP contribution is 2.05. The van der Waals surface area contributed by atoms with Gasteiger partial charge >= 0.3 is 12.0 Å². The maximum absolute atomic E-state index is 11.4. The monoisotopic (exact) mass is 240 g/mol. The molecule has 2 amide bonds. The zero-order valence-corrected chi connectivity index (χ0v) is 10.1. The lowest BCUT2D eigenvalue weighted by atomic mass is 10.4. The van der Waals surface area contributed by atoms with Gasteiger partial charge in [0.15, 0.2) is 5.82 Å². The van der Waals surface area contributed by atoms with Gasteiger partial charge in [-0.15, -0.1) is 0 Å². The third-order valence-corrected chi connectivity index (χ3v) is 2.20. The number of esters is 1. The Labute approximate surface area is 99.1 Å². The van der Waals surface area contributed by atoms with E-state index < -0.39 is 6.03 Å². The maximum Gasteiger partial charge on any atom is 0.320 e. The quantitative estimate of drug-likeness (QED) is 0.746. The number of nitrogens with one attached hydrogen (secondary N) is 2. The number of aryl methyl sites for hydroxylation is 2. The molecule has 1 rings (SSSR count). The van der Waals surface area contributed by atoms with Gasteiger partial charge in [0.1, 0.15) is 0 Å². The lowest BCUT2D eigenvalue weighted by Gasteiger charge is -2.04. The van der Waals surface area contributed by atoms with Gasteiger partial charge in [-0.3, -0.25) is 14.8 Å². The van der Waals surface area contributed by atoms with Crippen molar-refractivity contribution >= 4 is 17.8 Å². The average molecular weight is 240 g/mol. The fourth-order valence-corrected chi connectivity index (χ4v) is 1.16. The Morgan fingerprint density at radius 2 is 2.24 bits per heavy atom. The van der Waals surface area contributed by atoms with Crippen molar-refractivity contribution < 1.29 is 14.3 Å². The maximum atomic E-state index is 11.4. The molecule has 0 unspecified atom stereocenters. The molecule has 1 aromatic heterocycles. The second-order valence-corrected chi connectivity index (χ2v) is 3.50. The first-order valence-electron chi connectivity index (χ1n) is 5.15. The van der Waals surface area contributed by atoms with Crippen LogP contribution in [0, 0.1) is 6.92 Å². The smallest absolute Gasteiger partial charge is 0.320 e. The van der Waals surface area contributed by atoms with Crippen molar-refractivity contribution in [2.45, 2.75) is 13.3 Å². The first-order chi connectivity index (χ1) is 8.02. The number of methoxy groups -OCH3 is 1. The van der Waals surface area contributed by atoms with Crippen molar-refractivity contribution in [3.8, 4) is 0 Å². The summed E-state index contributed by atoms with van der Waals surface area (Å²) in [6.45, 7) is 2.11. The fraction of sp³-hybridized carbons (Fsp3) is 0.500. The van der Waals surface area contributed by atoms with E-state index in [0.717, 1.165) is 5.69 Å². The van der Waals surface area contributed by atoms with Crippen LogP contribution in [0.5, 0.6) is 0 Å². The van der Waals surface area contributed by atoms with Crippen LogP contribution >= 0.6 is 0 Å². The molecule has 0 saturated heterocycles. The molecule has 0 atom stereocenters. The minimum atomic E-state index is -0.396. The number of ether oxygens (including phenoxy) is 1. The van der Waals surface area contributed by atoms with E-state index in [1.807, 2.05) is 6.92 Å². The first kappa shape index (κ1) is 13.0. The number of rotatable bonds is 4. The Morgan fingerprint density at radius 3 is 2.76 bits per heavy atom. The molecule has 0 aliphatic heterocycles. The Bertz CT molecular complexity index is 394. The second kappa shape index (κ2) is 5.88. The van der Waals surface area contributed by atoms with E-state index in [1.165, 1.54) is 7.11 Å². The van der Waals surface area contributed by atoms with Gasteiger partial charge in [-0.2, -0.15) is 5.10 Å². The number of carbonyl (C=O) groups is 2. The minimum Gasteiger partial charge on any atom is -0.469 e. The van der Waals surface area contributed by atoms with Crippen LogP contribution in [0.15, 0.2) is 6.07 Å². The van der Waals surface area contributed by atoms with Crippen molar-refractivity contribution in [1.82, 2.24) is 15.1 Å². The predicted molar refractivity (Wildman–Crippen MR) is 61.6 cm³/mol. The highest BCUT2D eigenvalue weighted by Gasteiger charge is 2.06. The van der Waals surface area contributed by atoms with Crippen LogP contribution in [-0.4, -0.2) is 35.4 Å². The van der Waals surface area contributed by atoms with Gasteiger partial charge in [0.05, 0.1) is 13.5 Å². The van der Waals surface area contributed by atoms with Crippen molar-refractivity contribution in [1.29, 1.82) is 0 Å². The molecule has 1 aromatic rings. The SMILES string of the molecule is COC(=O)CCNC(=O)Nc1cc(C)n(C)n1. The van der Waals surface area contributed by atoms with Crippen LogP contribution in [0.4, 0.5) is 10.6 Å². The topological polar surface area (TPSA) is 85.2 Å². The number of anilines is 1. The molecule has 0 aliphatic carbocycles. The molecule has 94 valence electrons. The van der Waals surface area contributed by atoms with E-state index in [-0.39, 0.29) is 18.9 Å². The number of hydrogen-bond acceptors (Lipinski definition) is 4. The Hall–Kier alpha value is -2.05. The zero-order valence-electron chi connectivity index (χ0n) is 10.1. The van der Waals surface area contributed by atoms with E-state index in [9.17, 15) is 9.59 Å². The minimum absolute atomic E-state index is 0.144. The molecule has 7 heteroatoms. The molecule has 0 bridgehead atoms. The normalized spacial score (nSPS) is 9.82. The lowest BCUT2D eigenvalue weighted by Crippen LogP contribution is -2.30. The van der Waals surface area contributed by atoms with Gasteiger partial charge in [-0.05, 0) is 6.92 Å². The van der Waals surface area contributed by atoms with Crippen LogP contribution in [0.3, 0.4) is 0 Å². The number of nitrogens with zero attached hydrogens (tertiary/aromatic N) is 2. The van der Waals surface area contributed by atoms with Crippen molar-refractivity contribution in [2.24, 2.45) is 7.05 Å². The van der Waals surface area contributed by atoms with Crippen LogP contribution in [0.2, 0.25) is 0 Å². The van der Waals surface area contributed by atoms with Crippen LogP contribution in [-0.2, 0) is 16.6 Å². The number of urea groups is 1. The van der Waals surface area contributed by atoms with Gasteiger partial charge in [-0.25, -0.2) is 4.79 Å². The molecule has 0 fully saturated rings. The molecule has 0 saturated carbocycles. The van der Waals surface area contributed by atoms with E-state index in [4.69, 9.17) is 0 Å². The third-order valence-electron chi connectivity index (χ3n) is 2.20. The summed E-state index contributed by atoms with van der Waals surface area (Å²) in [6.07, 6.45) is 0.144. The van der Waals surface area contributed by atoms with Gasteiger partial charge in [0.25, 0.3) is 0 Å². The lowest BCUT2D eigenvalue weighted by molar-refractivity contribution is -0.140. The molecular weight excluding hydrogens is 224 g/mol. The number of hydrogen-bond donors (Lipinski definition) is 2. The molecule has 1 heterocycles. The Balaban J connectivity index is 2.32. The molecular formula is C10H16N4O3. The van der Waals surface area contributed by atoms with Crippen LogP contribution in [0.25, 0.3) is 0 Å². The fourth-order valence-electron chi connectivity index (χ4n) is 1.16. The van der Waals surface area contributed by atoms with E-state index in [2.05, 4.69) is 20.5 Å². The molecule has 2 N–H and O–H groups in total. The molecule has 0 radical (unpaired) electrons. The standard InChI is InChI=1S/C10H16N4O3/c1-7-6-8(13-14(7)2)12-10(16)11-5-4-9(15)17-3/h6H,4-5H2,1-3H3,(H2,11,12,13,16). The number of amides is 2. The Kier molecular flexibility index (Phi) is 4.50. The number of aromatic nitrogens is 2. The van der Waals surface area contributed by atoms with Crippen molar-refractivity contribution in [2.75, 3.05) is 19.0 Å². The Morgan fingerprint density at radius 1 is 1.53 bits per heavy atom. The van der Waals surface area contributed by atoms with E-state index in [1.54, 1.807) is 17.8 Å². The van der Waals surface area contributed by atoms with E-state index in [0.29, 0.717) is 5.82 Å². The molecule has 7 nitrogen and oxygen atoms in total. The molecule has 0 spiro atoms. The highest BCUT2D eigenvalue weighted by atomic mass is 16.5. The summed E-state index contributed by atoms with van der Waals surface area (Å²) in [5.41, 5.74) is 0.940. The molecule has 0 aliphatic rings. The van der Waals surface area contributed by atoms with Gasteiger partial charge < -0.3 is 10.1 Å². The average Bonchev–Trinajstić information content (AvgIpc) is 2.57. The summed E-state index contributed by atoms with van der Waals surface area (Å²) in [5.74, 6) is 0.111. The number of carbonyl (C=O) groups excluding carboxylic acids is 2. The summed E-state index contributed by atoms with van der Waals surface area (Å²) in [6, 6.07) is 1.35. The first-order valence-corrected chi connectivity index (χ1v) is 5.15. The van der Waals surface area contributed by atoms with Gasteiger partial charge in [0.2, 0.25) is 0 Å². The predicted octanol–water partition coefficient (Wildman–Crippen LogP) is 0.413. The summed E-state index contributed by atoms with van der Waals surface area (Å²) in [7, 11) is 3.09. The highest BCUT2D eigenvalue weighted by molar-refractivity contribution is 5.88. The van der Waals surface area contributed by atoms with Crippen LogP contribution in [0.1, 0.15) is 12.1 Å². The van der Waals surface area contributed by atoms with E-state index >= 15 is 0 Å². The summed E-state index contributed by atoms with van der Waals surface area (Å²) < 4.78 is 6.10. The second-order valence-electron chi connectivity index (χ2n) is 3.50. The summed E-state index contributed by atoms with van der Waals surface area (Å²) in [4.78, 5) is 22.2. The summed E-state index contributed by atoms with van der Waals surface area (Å²) >= 11 is 0. The van der Waals surface area contributed by atoms with Crippen LogP contribution < -0.4 is 10.6 Å². The van der Waals surface area contributed by atoms with Gasteiger partial charge in [-0.1, -0.05) is 0 Å². The molecule has 0 aromatic carbocycles. The zero-order chi connectivity index (χ0) is 12.8. The third kappa shape index (κ3) is 4.13. The molecule has 17 heavy (non-hydrogen) atoms. The van der Waals surface area contributed by atoms with Crippen molar-refractivity contribution in [3.63, 3.8) is 0 Å². The van der Waals surface area contributed by atoms with Gasteiger partial charge in [0, 0.05) is 25.4 Å². The van der Waals surface area contributed by atoms with Crippen molar-refractivity contribution in [3.05, 3.63) is 11.8 Å².